The number of benzene rings is 2. The first-order chi connectivity index (χ1) is 19.2. The van der Waals surface area contributed by atoms with Crippen LogP contribution in [0.4, 0.5) is 36.8 Å². The van der Waals surface area contributed by atoms with Gasteiger partial charge < -0.3 is 10.6 Å². The van der Waals surface area contributed by atoms with Crippen LogP contribution in [0.3, 0.4) is 0 Å². The van der Waals surface area contributed by atoms with Gasteiger partial charge in [0.2, 0.25) is 5.82 Å². The van der Waals surface area contributed by atoms with E-state index in [0.29, 0.717) is 36.7 Å². The Morgan fingerprint density at radius 3 is 2.20 bits per heavy atom. The number of aromatic nitrogens is 2. The van der Waals surface area contributed by atoms with Gasteiger partial charge in [0, 0.05) is 11.9 Å². The van der Waals surface area contributed by atoms with Gasteiger partial charge in [0.25, 0.3) is 9.84 Å². The maximum absolute atomic E-state index is 14.0. The van der Waals surface area contributed by atoms with Gasteiger partial charge in [-0.05, 0) is 54.3 Å². The summed E-state index contributed by atoms with van der Waals surface area (Å²) in [6.45, 7) is 0. The molecule has 1 heterocycles. The van der Waals surface area contributed by atoms with E-state index in [4.69, 9.17) is 5.26 Å². The van der Waals surface area contributed by atoms with Crippen LogP contribution in [0.5, 0.6) is 0 Å². The second kappa shape index (κ2) is 11.0. The van der Waals surface area contributed by atoms with E-state index in [1.54, 1.807) is 6.07 Å². The van der Waals surface area contributed by atoms with Gasteiger partial charge in [-0.2, -0.15) is 31.6 Å². The zero-order valence-electron chi connectivity index (χ0n) is 21.0. The number of sulfone groups is 1. The van der Waals surface area contributed by atoms with Crippen molar-refractivity contribution in [2.24, 2.45) is 0 Å². The molecule has 1 aliphatic rings. The van der Waals surface area contributed by atoms with Gasteiger partial charge in [0.1, 0.15) is 6.07 Å². The molecule has 2 aromatic carbocycles. The minimum Gasteiger partial charge on any atom is -0.327 e. The normalized spacial score (nSPS) is 15.5. The molecule has 1 aromatic heterocycles. The molecule has 4 rings (SSSR count). The lowest BCUT2D eigenvalue weighted by atomic mass is 9.79. The average Bonchev–Trinajstić information content (AvgIpc) is 2.92. The predicted molar refractivity (Wildman–Crippen MR) is 134 cm³/mol. The van der Waals surface area contributed by atoms with Crippen LogP contribution >= 0.6 is 0 Å². The fraction of sp³-hybridized carbons (Fsp3) is 0.308. The summed E-state index contributed by atoms with van der Waals surface area (Å²) in [5, 5.41) is 14.4. The predicted octanol–water partition coefficient (Wildman–Crippen LogP) is 6.31. The minimum atomic E-state index is -5.68. The number of amides is 2. The average molecular weight is 598 g/mol. The number of nitriles is 1. The summed E-state index contributed by atoms with van der Waals surface area (Å²) >= 11 is 0. The van der Waals surface area contributed by atoms with Gasteiger partial charge in [0.05, 0.1) is 21.7 Å². The van der Waals surface area contributed by atoms with Gasteiger partial charge in [-0.3, -0.25) is 0 Å². The summed E-state index contributed by atoms with van der Waals surface area (Å²) in [5.41, 5.74) is -8.18. The highest BCUT2D eigenvalue weighted by Gasteiger charge is 2.47. The number of hydrogen-bond acceptors (Lipinski definition) is 6. The topological polar surface area (TPSA) is 125 Å². The molecule has 0 radical (unpaired) electrons. The molecular formula is C26H21F6N5O3S. The number of carbonyl (C=O) groups excluding carboxylic acids is 1. The number of anilines is 1. The van der Waals surface area contributed by atoms with Crippen molar-refractivity contribution in [3.63, 3.8) is 0 Å². The van der Waals surface area contributed by atoms with Crippen LogP contribution in [0.15, 0.2) is 59.6 Å². The smallest absolute Gasteiger partial charge is 0.327 e. The van der Waals surface area contributed by atoms with Crippen molar-refractivity contribution in [1.29, 1.82) is 5.26 Å². The first kappa shape index (κ1) is 29.8. The second-order valence-corrected chi connectivity index (χ2v) is 11.3. The largest absolute Gasteiger partial charge is 0.501 e. The molecule has 15 heteroatoms. The number of nitrogens with one attached hydrogen (secondary N) is 2. The number of rotatable bonds is 5. The number of carbonyl (C=O) groups is 1. The van der Waals surface area contributed by atoms with Crippen molar-refractivity contribution in [2.75, 3.05) is 5.32 Å². The molecule has 3 aromatic rings. The lowest BCUT2D eigenvalue weighted by Gasteiger charge is -2.37. The van der Waals surface area contributed by atoms with E-state index < -0.39 is 49.1 Å². The Kier molecular flexibility index (Phi) is 7.99. The Morgan fingerprint density at radius 2 is 1.61 bits per heavy atom. The highest BCUT2D eigenvalue weighted by atomic mass is 32.2. The van der Waals surface area contributed by atoms with E-state index >= 15 is 0 Å². The lowest BCUT2D eigenvalue weighted by Crippen LogP contribution is -2.49. The summed E-state index contributed by atoms with van der Waals surface area (Å²) in [6, 6.07) is 8.28. The Balaban J connectivity index is 1.62. The van der Waals surface area contributed by atoms with Crippen LogP contribution in [0.1, 0.15) is 49.2 Å². The maximum atomic E-state index is 14.0. The molecule has 2 N–H and O–H groups in total. The fourth-order valence-electron chi connectivity index (χ4n) is 4.71. The third-order valence-corrected chi connectivity index (χ3v) is 8.17. The van der Waals surface area contributed by atoms with Crippen molar-refractivity contribution in [3.05, 3.63) is 71.8 Å². The van der Waals surface area contributed by atoms with E-state index in [1.165, 1.54) is 12.3 Å². The first-order valence-electron chi connectivity index (χ1n) is 12.1. The zero-order valence-corrected chi connectivity index (χ0v) is 21.8. The second-order valence-electron chi connectivity index (χ2n) is 9.33. The summed E-state index contributed by atoms with van der Waals surface area (Å²) < 4.78 is 104. The van der Waals surface area contributed by atoms with Gasteiger partial charge in [-0.25, -0.2) is 23.2 Å². The number of urea groups is 1. The monoisotopic (exact) mass is 597 g/mol. The molecule has 8 nitrogen and oxygen atoms in total. The molecule has 0 saturated heterocycles. The van der Waals surface area contributed by atoms with Crippen LogP contribution in [0.25, 0.3) is 11.1 Å². The van der Waals surface area contributed by atoms with Gasteiger partial charge in [-0.15, -0.1) is 0 Å². The standard InChI is InChI=1S/C26H21F6N5O3S/c27-25(28,29)20-14-17(6-9-19(20)16-4-7-18(8-5-16)41(39,40)26(30,31)32)35-23(38)37-24(11-2-1-3-12-24)21-10-13-34-22(15-33)36-21/h4-10,13-14H,1-3,11-12H2,(H2,35,37,38). The highest BCUT2D eigenvalue weighted by Crippen LogP contribution is 2.40. The summed E-state index contributed by atoms with van der Waals surface area (Å²) in [6.07, 6.45) is -0.203. The van der Waals surface area contributed by atoms with E-state index in [-0.39, 0.29) is 17.1 Å². The van der Waals surface area contributed by atoms with Crippen LogP contribution in [-0.4, -0.2) is 29.9 Å². The SMILES string of the molecule is N#Cc1nccc(C2(NC(=O)Nc3ccc(-c4ccc(S(=O)(=O)C(F)(F)F)cc4)c(C(F)(F)F)c3)CCCCC2)n1. The van der Waals surface area contributed by atoms with Crippen molar-refractivity contribution in [2.45, 2.75) is 54.2 Å². The van der Waals surface area contributed by atoms with Gasteiger partial charge >= 0.3 is 17.7 Å². The number of hydrogen-bond donors (Lipinski definition) is 2. The Morgan fingerprint density at radius 1 is 0.951 bits per heavy atom. The summed E-state index contributed by atoms with van der Waals surface area (Å²) in [5.74, 6) is -0.0934. The lowest BCUT2D eigenvalue weighted by molar-refractivity contribution is -0.137. The molecule has 216 valence electrons. The molecule has 2 amide bonds. The van der Waals surface area contributed by atoms with Gasteiger partial charge in [-0.1, -0.05) is 37.5 Å². The quantitative estimate of drug-likeness (QED) is 0.332. The van der Waals surface area contributed by atoms with Crippen LogP contribution in [0.2, 0.25) is 0 Å². The molecule has 0 spiro atoms. The van der Waals surface area contributed by atoms with Crippen molar-refractivity contribution >= 4 is 21.6 Å². The molecule has 0 unspecified atom stereocenters. The van der Waals surface area contributed by atoms with Crippen molar-refractivity contribution < 1.29 is 39.6 Å². The summed E-state index contributed by atoms with van der Waals surface area (Å²) in [7, 11) is -5.68. The third-order valence-electron chi connectivity index (χ3n) is 6.67. The number of halogens is 6. The molecular weight excluding hydrogens is 576 g/mol. The third kappa shape index (κ3) is 6.27. The number of nitrogens with zero attached hydrogens (tertiary/aromatic N) is 3. The fourth-order valence-corrected chi connectivity index (χ4v) is 5.48. The Labute approximate surface area is 230 Å². The molecule has 1 aliphatic carbocycles. The molecule has 0 aliphatic heterocycles. The Hall–Kier alpha value is -4.19. The first-order valence-corrected chi connectivity index (χ1v) is 13.6. The highest BCUT2D eigenvalue weighted by molar-refractivity contribution is 7.92. The van der Waals surface area contributed by atoms with E-state index in [0.717, 1.165) is 37.5 Å². The molecule has 0 atom stereocenters. The minimum absolute atomic E-state index is 0.0934. The van der Waals surface area contributed by atoms with Crippen molar-refractivity contribution in [1.82, 2.24) is 15.3 Å². The van der Waals surface area contributed by atoms with Crippen LogP contribution in [-0.2, 0) is 21.6 Å². The molecule has 0 bridgehead atoms. The Bertz CT molecular complexity index is 1590. The zero-order chi connectivity index (χ0) is 30.1. The molecule has 1 saturated carbocycles. The van der Waals surface area contributed by atoms with E-state index in [2.05, 4.69) is 20.6 Å². The maximum Gasteiger partial charge on any atom is 0.501 e. The van der Waals surface area contributed by atoms with E-state index in [9.17, 15) is 39.6 Å². The van der Waals surface area contributed by atoms with Crippen molar-refractivity contribution in [3.8, 4) is 17.2 Å². The summed E-state index contributed by atoms with van der Waals surface area (Å²) in [4.78, 5) is 19.9. The van der Waals surface area contributed by atoms with Crippen LogP contribution in [0, 0.1) is 11.3 Å². The van der Waals surface area contributed by atoms with Crippen LogP contribution < -0.4 is 10.6 Å². The number of alkyl halides is 6. The van der Waals surface area contributed by atoms with Gasteiger partial charge in [0.15, 0.2) is 0 Å². The molecule has 41 heavy (non-hydrogen) atoms. The van der Waals surface area contributed by atoms with E-state index in [1.807, 2.05) is 6.07 Å². The molecule has 1 fully saturated rings.